The topological polar surface area (TPSA) is 117 Å². The maximum Gasteiger partial charge on any atom is 0.374 e. The number of carbonyl (C=O) groups is 3. The fourth-order valence-corrected chi connectivity index (χ4v) is 5.71. The number of esters is 2. The van der Waals surface area contributed by atoms with Crippen molar-refractivity contribution in [1.29, 1.82) is 0 Å². The van der Waals surface area contributed by atoms with Crippen LogP contribution in [-0.2, 0) is 25.9 Å². The van der Waals surface area contributed by atoms with Gasteiger partial charge in [0.1, 0.15) is 12.2 Å². The van der Waals surface area contributed by atoms with Crippen molar-refractivity contribution >= 4 is 38.5 Å². The van der Waals surface area contributed by atoms with Crippen molar-refractivity contribution in [3.8, 4) is 0 Å². The molecule has 0 unspecified atom stereocenters. The summed E-state index contributed by atoms with van der Waals surface area (Å²) in [6, 6.07) is 16.6. The standard InChI is InChI=1S/C26H18O8S/c1-2-32-26(29)24-19(16-7-3-5-9-20(16)34-24)14-33-25(28)15-11-12-18-22(13-15)35(30,31)21-10-6-4-8-17(21)23(18)27/h3-13H,2,14H2,1H3. The van der Waals surface area contributed by atoms with Gasteiger partial charge in [-0.15, -0.1) is 0 Å². The van der Waals surface area contributed by atoms with Gasteiger partial charge in [-0.1, -0.05) is 30.3 Å². The minimum Gasteiger partial charge on any atom is -0.460 e. The summed E-state index contributed by atoms with van der Waals surface area (Å²) in [5.74, 6) is -2.02. The Bertz CT molecular complexity index is 1630. The summed E-state index contributed by atoms with van der Waals surface area (Å²) in [5.41, 5.74) is 0.796. The third-order valence-corrected chi connectivity index (χ3v) is 7.53. The van der Waals surface area contributed by atoms with Gasteiger partial charge in [0.25, 0.3) is 0 Å². The van der Waals surface area contributed by atoms with E-state index in [9.17, 15) is 22.8 Å². The molecule has 0 N–H and O–H groups in total. The van der Waals surface area contributed by atoms with Crippen molar-refractivity contribution < 1.29 is 36.7 Å². The van der Waals surface area contributed by atoms with Crippen LogP contribution in [0, 0.1) is 0 Å². The van der Waals surface area contributed by atoms with Gasteiger partial charge in [0.05, 0.1) is 27.5 Å². The van der Waals surface area contributed by atoms with E-state index in [1.807, 2.05) is 0 Å². The van der Waals surface area contributed by atoms with Gasteiger partial charge in [-0.25, -0.2) is 18.0 Å². The van der Waals surface area contributed by atoms with E-state index in [0.29, 0.717) is 16.5 Å². The molecule has 1 aromatic heterocycles. The highest BCUT2D eigenvalue weighted by molar-refractivity contribution is 7.91. The van der Waals surface area contributed by atoms with Gasteiger partial charge in [0, 0.05) is 16.5 Å². The van der Waals surface area contributed by atoms with Crippen LogP contribution >= 0.6 is 0 Å². The third-order valence-electron chi connectivity index (χ3n) is 5.68. The van der Waals surface area contributed by atoms with Crippen LogP contribution < -0.4 is 0 Å². The minimum absolute atomic E-state index is 0.00863. The Balaban J connectivity index is 1.46. The van der Waals surface area contributed by atoms with E-state index in [-0.39, 0.29) is 45.5 Å². The summed E-state index contributed by atoms with van der Waals surface area (Å²) in [6.45, 7) is 1.49. The number of rotatable bonds is 5. The van der Waals surface area contributed by atoms with E-state index < -0.39 is 27.6 Å². The first-order valence-corrected chi connectivity index (χ1v) is 12.2. The lowest BCUT2D eigenvalue weighted by Gasteiger charge is -2.19. The molecular formula is C26H18O8S. The highest BCUT2D eigenvalue weighted by atomic mass is 32.2. The third kappa shape index (κ3) is 3.70. The monoisotopic (exact) mass is 490 g/mol. The van der Waals surface area contributed by atoms with E-state index in [0.717, 1.165) is 6.07 Å². The molecule has 5 rings (SSSR count). The number of furan rings is 1. The van der Waals surface area contributed by atoms with Gasteiger partial charge >= 0.3 is 11.9 Å². The molecule has 9 heteroatoms. The number of hydrogen-bond acceptors (Lipinski definition) is 8. The maximum absolute atomic E-state index is 13.1. The van der Waals surface area contributed by atoms with Crippen molar-refractivity contribution in [3.63, 3.8) is 0 Å². The molecule has 1 aliphatic rings. The average molecular weight is 490 g/mol. The number of sulfone groups is 1. The fraction of sp³-hybridized carbons (Fsp3) is 0.115. The van der Waals surface area contributed by atoms with E-state index in [4.69, 9.17) is 13.9 Å². The molecule has 8 nitrogen and oxygen atoms in total. The van der Waals surface area contributed by atoms with E-state index in [2.05, 4.69) is 0 Å². The summed E-state index contributed by atoms with van der Waals surface area (Å²) >= 11 is 0. The van der Waals surface area contributed by atoms with Crippen molar-refractivity contribution in [3.05, 3.63) is 94.7 Å². The average Bonchev–Trinajstić information content (AvgIpc) is 3.25. The van der Waals surface area contributed by atoms with Gasteiger partial charge in [-0.2, -0.15) is 0 Å². The number of benzene rings is 3. The van der Waals surface area contributed by atoms with Crippen LogP contribution in [-0.4, -0.2) is 32.7 Å². The van der Waals surface area contributed by atoms with Gasteiger partial charge in [0.2, 0.25) is 15.6 Å². The van der Waals surface area contributed by atoms with Crippen LogP contribution in [0.15, 0.2) is 80.9 Å². The number of ether oxygens (including phenoxy) is 2. The molecule has 1 aliphatic heterocycles. The number of para-hydroxylation sites is 1. The number of hydrogen-bond donors (Lipinski definition) is 0. The predicted octanol–water partition coefficient (Wildman–Crippen LogP) is 4.34. The van der Waals surface area contributed by atoms with Crippen LogP contribution in [0.1, 0.15) is 49.3 Å². The van der Waals surface area contributed by atoms with Gasteiger partial charge < -0.3 is 13.9 Å². The molecule has 0 saturated carbocycles. The van der Waals surface area contributed by atoms with Gasteiger partial charge in [0.15, 0.2) is 5.78 Å². The zero-order valence-corrected chi connectivity index (χ0v) is 19.3. The normalized spacial score (nSPS) is 13.7. The van der Waals surface area contributed by atoms with E-state index >= 15 is 0 Å². The summed E-state index contributed by atoms with van der Waals surface area (Å²) < 4.78 is 42.3. The lowest BCUT2D eigenvalue weighted by molar-refractivity contribution is 0.0435. The van der Waals surface area contributed by atoms with Gasteiger partial charge in [-0.3, -0.25) is 4.79 Å². The first kappa shape index (κ1) is 22.5. The van der Waals surface area contributed by atoms with Crippen molar-refractivity contribution in [2.75, 3.05) is 6.61 Å². The number of carbonyl (C=O) groups excluding carboxylic acids is 3. The lowest BCUT2D eigenvalue weighted by Crippen LogP contribution is -2.21. The van der Waals surface area contributed by atoms with Crippen LogP contribution in [0.5, 0.6) is 0 Å². The first-order valence-electron chi connectivity index (χ1n) is 10.7. The zero-order chi connectivity index (χ0) is 24.7. The summed E-state index contributed by atoms with van der Waals surface area (Å²) in [4.78, 5) is 37.7. The molecule has 0 spiro atoms. The Kier molecular flexibility index (Phi) is 5.49. The molecule has 0 saturated heterocycles. The summed E-state index contributed by atoms with van der Waals surface area (Å²) in [6.07, 6.45) is 0. The zero-order valence-electron chi connectivity index (χ0n) is 18.4. The Hall–Kier alpha value is -4.24. The Morgan fingerprint density at radius 1 is 0.857 bits per heavy atom. The van der Waals surface area contributed by atoms with Crippen LogP contribution in [0.25, 0.3) is 11.0 Å². The highest BCUT2D eigenvalue weighted by Gasteiger charge is 2.35. The molecular weight excluding hydrogens is 472 g/mol. The number of ketones is 1. The molecule has 2 heterocycles. The molecule has 0 atom stereocenters. The van der Waals surface area contributed by atoms with Crippen molar-refractivity contribution in [1.82, 2.24) is 0 Å². The van der Waals surface area contributed by atoms with Crippen LogP contribution in [0.2, 0.25) is 0 Å². The second-order valence-electron chi connectivity index (χ2n) is 7.74. The molecule has 0 fully saturated rings. The smallest absolute Gasteiger partial charge is 0.374 e. The molecule has 0 aliphatic carbocycles. The Labute approximate surface area is 200 Å². The molecule has 0 radical (unpaired) electrons. The minimum atomic E-state index is -4.01. The second kappa shape index (κ2) is 8.52. The Morgan fingerprint density at radius 2 is 1.57 bits per heavy atom. The molecule has 4 aromatic rings. The SMILES string of the molecule is CCOC(=O)c1oc2ccccc2c1COC(=O)c1ccc2c(c1)S(=O)(=O)c1ccccc1C2=O. The molecule has 35 heavy (non-hydrogen) atoms. The lowest BCUT2D eigenvalue weighted by atomic mass is 10.0. The highest BCUT2D eigenvalue weighted by Crippen LogP contribution is 2.35. The first-order chi connectivity index (χ1) is 16.8. The number of fused-ring (bicyclic) bond motifs is 3. The largest absolute Gasteiger partial charge is 0.460 e. The molecule has 0 bridgehead atoms. The summed E-state index contributed by atoms with van der Waals surface area (Å²) in [7, 11) is -4.01. The molecule has 176 valence electrons. The second-order valence-corrected chi connectivity index (χ2v) is 9.63. The van der Waals surface area contributed by atoms with Crippen LogP contribution in [0.3, 0.4) is 0 Å². The molecule has 0 amide bonds. The van der Waals surface area contributed by atoms with Crippen molar-refractivity contribution in [2.45, 2.75) is 23.3 Å². The quantitative estimate of drug-likeness (QED) is 0.334. The maximum atomic E-state index is 13.1. The van der Waals surface area contributed by atoms with Gasteiger partial charge in [-0.05, 0) is 43.3 Å². The van der Waals surface area contributed by atoms with Crippen molar-refractivity contribution in [2.24, 2.45) is 0 Å². The molecule has 3 aromatic carbocycles. The predicted molar refractivity (Wildman–Crippen MR) is 123 cm³/mol. The van der Waals surface area contributed by atoms with E-state index in [1.54, 1.807) is 37.3 Å². The van der Waals surface area contributed by atoms with E-state index in [1.165, 1.54) is 30.3 Å². The van der Waals surface area contributed by atoms with Crippen LogP contribution in [0.4, 0.5) is 0 Å². The summed E-state index contributed by atoms with van der Waals surface area (Å²) in [5, 5.41) is 0.582. The Morgan fingerprint density at radius 3 is 2.37 bits per heavy atom. The fourth-order valence-electron chi connectivity index (χ4n) is 4.04.